The minimum Gasteiger partial charge on any atom is -0.497 e. The highest BCUT2D eigenvalue weighted by Gasteiger charge is 2.19. The summed E-state index contributed by atoms with van der Waals surface area (Å²) >= 11 is 0. The molecular weight excluding hydrogens is 333 g/mol. The highest BCUT2D eigenvalue weighted by Crippen LogP contribution is 2.21. The fraction of sp³-hybridized carbons (Fsp3) is 0.0769. The highest BCUT2D eigenvalue weighted by atomic mass is 32.3. The van der Waals surface area contributed by atoms with Crippen molar-refractivity contribution in [2.45, 2.75) is 9.79 Å². The lowest BCUT2D eigenvalue weighted by atomic mass is 10.3. The Morgan fingerprint density at radius 3 is 2.09 bits per heavy atom. The van der Waals surface area contributed by atoms with Gasteiger partial charge in [0.1, 0.15) is 5.75 Å². The van der Waals surface area contributed by atoms with Crippen molar-refractivity contribution in [2.24, 2.45) is 0 Å². The Labute approximate surface area is 127 Å². The lowest BCUT2D eigenvalue weighted by molar-refractivity contribution is 0.415. The van der Waals surface area contributed by atoms with Crippen molar-refractivity contribution in [3.63, 3.8) is 0 Å². The van der Waals surface area contributed by atoms with E-state index in [4.69, 9.17) is 4.74 Å². The average Bonchev–Trinajstić information content (AvgIpc) is 2.47. The van der Waals surface area contributed by atoms with Gasteiger partial charge in [-0.05, 0) is 42.5 Å². The lowest BCUT2D eigenvalue weighted by Gasteiger charge is -2.09. The summed E-state index contributed by atoms with van der Waals surface area (Å²) in [6.45, 7) is 0. The van der Waals surface area contributed by atoms with Crippen LogP contribution in [0.15, 0.2) is 58.3 Å². The Balaban J connectivity index is 2.34. The summed E-state index contributed by atoms with van der Waals surface area (Å²) in [7, 11) is -7.54. The molecule has 1 N–H and O–H groups in total. The molecule has 0 fully saturated rings. The second-order valence-corrected chi connectivity index (χ2v) is 7.28. The molecule has 0 unspecified atom stereocenters. The molecule has 0 spiro atoms. The van der Waals surface area contributed by atoms with Gasteiger partial charge >= 0.3 is 10.2 Å². The van der Waals surface area contributed by atoms with Crippen LogP contribution < -0.4 is 9.46 Å². The quantitative estimate of drug-likeness (QED) is 0.839. The molecule has 0 heterocycles. The number of benzene rings is 2. The Kier molecular flexibility index (Phi) is 4.38. The van der Waals surface area contributed by atoms with Gasteiger partial charge in [0, 0.05) is 5.69 Å². The first-order valence-electron chi connectivity index (χ1n) is 5.94. The molecule has 0 saturated carbocycles. The van der Waals surface area contributed by atoms with Crippen LogP contribution in [0.5, 0.6) is 5.75 Å². The Morgan fingerprint density at radius 1 is 0.955 bits per heavy atom. The van der Waals surface area contributed by atoms with Crippen molar-refractivity contribution >= 4 is 25.9 Å². The second kappa shape index (κ2) is 5.93. The smallest absolute Gasteiger partial charge is 0.332 e. The number of methoxy groups -OCH3 is 1. The van der Waals surface area contributed by atoms with E-state index in [9.17, 15) is 20.7 Å². The third-order valence-corrected chi connectivity index (χ3v) is 4.94. The van der Waals surface area contributed by atoms with Crippen LogP contribution in [0.1, 0.15) is 0 Å². The van der Waals surface area contributed by atoms with Crippen molar-refractivity contribution in [3.8, 4) is 5.75 Å². The van der Waals surface area contributed by atoms with E-state index >= 15 is 0 Å². The third kappa shape index (κ3) is 3.74. The predicted molar refractivity (Wildman–Crippen MR) is 78.5 cm³/mol. The van der Waals surface area contributed by atoms with Crippen LogP contribution >= 0.6 is 0 Å². The number of nitrogens with one attached hydrogen (secondary N) is 1. The summed E-state index contributed by atoms with van der Waals surface area (Å²) in [6, 6.07) is 10.1. The first-order chi connectivity index (χ1) is 10.2. The Hall–Kier alpha value is -2.13. The lowest BCUT2D eigenvalue weighted by Crippen LogP contribution is -2.13. The van der Waals surface area contributed by atoms with Gasteiger partial charge in [0.05, 0.1) is 16.9 Å². The van der Waals surface area contributed by atoms with E-state index in [1.165, 1.54) is 25.3 Å². The van der Waals surface area contributed by atoms with E-state index in [-0.39, 0.29) is 10.6 Å². The zero-order valence-electron chi connectivity index (χ0n) is 11.4. The van der Waals surface area contributed by atoms with Crippen LogP contribution in [-0.2, 0) is 20.2 Å². The average molecular weight is 345 g/mol. The van der Waals surface area contributed by atoms with E-state index in [0.717, 1.165) is 18.2 Å². The zero-order chi connectivity index (χ0) is 16.4. The standard InChI is InChI=1S/C13H12FNO5S2/c1-20-11-7-5-10(6-8-11)15-22(18,19)13-4-2-3-12(9-13)21(14,16)17/h2-9,15H,1H3. The van der Waals surface area contributed by atoms with Crippen molar-refractivity contribution in [1.29, 1.82) is 0 Å². The second-order valence-electron chi connectivity index (χ2n) is 4.25. The fourth-order valence-electron chi connectivity index (χ4n) is 1.67. The number of ether oxygens (including phenoxy) is 1. The van der Waals surface area contributed by atoms with E-state index in [1.54, 1.807) is 12.1 Å². The Morgan fingerprint density at radius 2 is 1.55 bits per heavy atom. The summed E-state index contributed by atoms with van der Waals surface area (Å²) in [5.41, 5.74) is 0.259. The molecule has 0 aliphatic rings. The third-order valence-electron chi connectivity index (χ3n) is 2.74. The molecule has 118 valence electrons. The maximum absolute atomic E-state index is 12.9. The summed E-state index contributed by atoms with van der Waals surface area (Å²) < 4.78 is 66.2. The van der Waals surface area contributed by atoms with Crippen LogP contribution in [0.4, 0.5) is 9.57 Å². The number of sulfonamides is 1. The maximum Gasteiger partial charge on any atom is 0.332 e. The maximum atomic E-state index is 12.9. The molecule has 2 aromatic rings. The molecule has 0 aromatic heterocycles. The SMILES string of the molecule is COc1ccc(NS(=O)(=O)c2cccc(S(=O)(=O)F)c2)cc1. The molecule has 0 atom stereocenters. The molecule has 22 heavy (non-hydrogen) atoms. The first kappa shape index (κ1) is 16.2. The van der Waals surface area contributed by atoms with Gasteiger partial charge in [-0.2, -0.15) is 8.42 Å². The molecule has 0 bridgehead atoms. The van der Waals surface area contributed by atoms with Gasteiger partial charge in [-0.3, -0.25) is 4.72 Å². The predicted octanol–water partition coefficient (Wildman–Crippen LogP) is 2.15. The molecule has 0 radical (unpaired) electrons. The molecule has 2 aromatic carbocycles. The minimum atomic E-state index is -4.98. The van der Waals surface area contributed by atoms with Gasteiger partial charge in [0.2, 0.25) is 0 Å². The number of anilines is 1. The van der Waals surface area contributed by atoms with Gasteiger partial charge in [-0.1, -0.05) is 6.07 Å². The van der Waals surface area contributed by atoms with Crippen molar-refractivity contribution in [3.05, 3.63) is 48.5 Å². The van der Waals surface area contributed by atoms with E-state index in [0.29, 0.717) is 5.75 Å². The molecule has 2 rings (SSSR count). The molecule has 0 amide bonds. The summed E-state index contributed by atoms with van der Waals surface area (Å²) in [4.78, 5) is -1.08. The summed E-state index contributed by atoms with van der Waals surface area (Å²) in [6.07, 6.45) is 0. The molecule has 6 nitrogen and oxygen atoms in total. The number of hydrogen-bond acceptors (Lipinski definition) is 5. The van der Waals surface area contributed by atoms with Crippen LogP contribution in [0.2, 0.25) is 0 Å². The fourth-order valence-corrected chi connectivity index (χ4v) is 3.35. The van der Waals surface area contributed by atoms with E-state index in [1.807, 2.05) is 0 Å². The van der Waals surface area contributed by atoms with Gasteiger partial charge in [0.15, 0.2) is 0 Å². The van der Waals surface area contributed by atoms with Crippen LogP contribution in [-0.4, -0.2) is 23.9 Å². The van der Waals surface area contributed by atoms with Gasteiger partial charge in [-0.25, -0.2) is 8.42 Å². The van der Waals surface area contributed by atoms with Crippen molar-refractivity contribution < 1.29 is 25.5 Å². The number of hydrogen-bond donors (Lipinski definition) is 1. The highest BCUT2D eigenvalue weighted by molar-refractivity contribution is 7.92. The summed E-state index contributed by atoms with van der Waals surface area (Å²) in [5.74, 6) is 0.550. The molecule has 9 heteroatoms. The van der Waals surface area contributed by atoms with Crippen molar-refractivity contribution in [2.75, 3.05) is 11.8 Å². The molecule has 0 aliphatic heterocycles. The van der Waals surface area contributed by atoms with Crippen LogP contribution in [0, 0.1) is 0 Å². The monoisotopic (exact) mass is 345 g/mol. The topological polar surface area (TPSA) is 89.5 Å². The Bertz CT molecular complexity index is 877. The van der Waals surface area contributed by atoms with Crippen LogP contribution in [0.25, 0.3) is 0 Å². The van der Waals surface area contributed by atoms with Gasteiger partial charge in [-0.15, -0.1) is 3.89 Å². The van der Waals surface area contributed by atoms with E-state index < -0.39 is 25.1 Å². The minimum absolute atomic E-state index is 0.259. The first-order valence-corrected chi connectivity index (χ1v) is 8.81. The zero-order valence-corrected chi connectivity index (χ0v) is 13.0. The van der Waals surface area contributed by atoms with Crippen molar-refractivity contribution in [1.82, 2.24) is 0 Å². The normalized spacial score (nSPS) is 11.9. The number of rotatable bonds is 5. The van der Waals surface area contributed by atoms with Gasteiger partial charge < -0.3 is 4.74 Å². The van der Waals surface area contributed by atoms with Crippen LogP contribution in [0.3, 0.4) is 0 Å². The van der Waals surface area contributed by atoms with Gasteiger partial charge in [0.25, 0.3) is 10.0 Å². The molecular formula is C13H12FNO5S2. The largest absolute Gasteiger partial charge is 0.497 e. The molecule has 0 saturated heterocycles. The summed E-state index contributed by atoms with van der Waals surface area (Å²) in [5, 5.41) is 0. The van der Waals surface area contributed by atoms with E-state index in [2.05, 4.69) is 4.72 Å². The molecule has 0 aliphatic carbocycles. The number of halogens is 1.